The van der Waals surface area contributed by atoms with Crippen molar-refractivity contribution in [1.82, 2.24) is 5.32 Å². The lowest BCUT2D eigenvalue weighted by molar-refractivity contribution is 0.0251. The van der Waals surface area contributed by atoms with Crippen molar-refractivity contribution >= 4 is 0 Å². The fraction of sp³-hybridized carbons (Fsp3) is 0.600. The molecule has 0 bridgehead atoms. The molecule has 0 aromatic heterocycles. The summed E-state index contributed by atoms with van der Waals surface area (Å²) in [6.45, 7) is 5.73. The maximum absolute atomic E-state index is 10.2. The first-order valence-corrected chi connectivity index (χ1v) is 6.72. The molecule has 0 amide bonds. The van der Waals surface area contributed by atoms with Gasteiger partial charge in [0.05, 0.1) is 13.7 Å². The van der Waals surface area contributed by atoms with E-state index in [0.29, 0.717) is 26.2 Å². The van der Waals surface area contributed by atoms with E-state index in [9.17, 15) is 5.11 Å². The smallest absolute Gasteiger partial charge is 0.123 e. The van der Waals surface area contributed by atoms with E-state index >= 15 is 0 Å². The second-order valence-corrected chi connectivity index (χ2v) is 5.37. The Morgan fingerprint density at radius 2 is 2.32 bits per heavy atom. The third-order valence-corrected chi connectivity index (χ3v) is 3.67. The van der Waals surface area contributed by atoms with Crippen LogP contribution in [0.25, 0.3) is 0 Å². The Hall–Kier alpha value is -1.10. The first kappa shape index (κ1) is 14.3. The van der Waals surface area contributed by atoms with Gasteiger partial charge in [0.2, 0.25) is 0 Å². The van der Waals surface area contributed by atoms with Crippen molar-refractivity contribution in [1.29, 1.82) is 0 Å². The van der Waals surface area contributed by atoms with E-state index in [1.807, 2.05) is 12.1 Å². The van der Waals surface area contributed by atoms with E-state index in [2.05, 4.69) is 25.2 Å². The van der Waals surface area contributed by atoms with Gasteiger partial charge in [-0.1, -0.05) is 17.7 Å². The highest BCUT2D eigenvalue weighted by atomic mass is 16.5. The minimum Gasteiger partial charge on any atom is -0.496 e. The summed E-state index contributed by atoms with van der Waals surface area (Å²) in [6.07, 6.45) is 0.692. The monoisotopic (exact) mass is 265 g/mol. The zero-order chi connectivity index (χ0) is 13.9. The molecule has 1 aromatic carbocycles. The maximum Gasteiger partial charge on any atom is 0.123 e. The molecule has 2 N–H and O–H groups in total. The number of ether oxygens (including phenoxy) is 2. The topological polar surface area (TPSA) is 50.7 Å². The Bertz CT molecular complexity index is 427. The van der Waals surface area contributed by atoms with Gasteiger partial charge in [0.25, 0.3) is 0 Å². The van der Waals surface area contributed by atoms with Gasteiger partial charge in [-0.05, 0) is 19.9 Å². The minimum atomic E-state index is -0.731. The van der Waals surface area contributed by atoms with Crippen LogP contribution >= 0.6 is 0 Å². The Morgan fingerprint density at radius 3 is 2.95 bits per heavy atom. The van der Waals surface area contributed by atoms with Crippen LogP contribution < -0.4 is 10.1 Å². The number of benzene rings is 1. The summed E-state index contributed by atoms with van der Waals surface area (Å²) in [5, 5.41) is 13.6. The molecule has 2 rings (SSSR count). The highest BCUT2D eigenvalue weighted by Crippen LogP contribution is 2.27. The molecular formula is C15H23NO3. The summed E-state index contributed by atoms with van der Waals surface area (Å²) in [6, 6.07) is 6.26. The number of methoxy groups -OCH3 is 1. The maximum atomic E-state index is 10.2. The number of rotatable bonds is 5. The zero-order valence-corrected chi connectivity index (χ0v) is 11.9. The van der Waals surface area contributed by atoms with Crippen molar-refractivity contribution in [3.8, 4) is 5.75 Å². The van der Waals surface area contributed by atoms with Gasteiger partial charge in [-0.3, -0.25) is 0 Å². The van der Waals surface area contributed by atoms with Crippen molar-refractivity contribution in [3.63, 3.8) is 0 Å². The van der Waals surface area contributed by atoms with Crippen LogP contribution in [0.3, 0.4) is 0 Å². The average molecular weight is 265 g/mol. The fourth-order valence-electron chi connectivity index (χ4n) is 2.38. The fourth-order valence-corrected chi connectivity index (χ4v) is 2.38. The molecule has 1 aliphatic heterocycles. The molecule has 1 aliphatic rings. The first-order valence-electron chi connectivity index (χ1n) is 6.72. The van der Waals surface area contributed by atoms with E-state index < -0.39 is 5.60 Å². The molecule has 2 unspecified atom stereocenters. The SMILES string of the molecule is COc1ccc(C)cc1C(C)NCC1(O)CCOC1. The van der Waals surface area contributed by atoms with Gasteiger partial charge in [0, 0.05) is 31.2 Å². The predicted octanol–water partition coefficient (Wildman–Crippen LogP) is 1.81. The highest BCUT2D eigenvalue weighted by molar-refractivity contribution is 5.38. The van der Waals surface area contributed by atoms with Crippen molar-refractivity contribution in [3.05, 3.63) is 29.3 Å². The largest absolute Gasteiger partial charge is 0.496 e. The van der Waals surface area contributed by atoms with Gasteiger partial charge in [-0.15, -0.1) is 0 Å². The van der Waals surface area contributed by atoms with Crippen molar-refractivity contribution in [2.75, 3.05) is 26.9 Å². The van der Waals surface area contributed by atoms with E-state index in [1.54, 1.807) is 7.11 Å². The van der Waals surface area contributed by atoms with E-state index in [1.165, 1.54) is 5.56 Å². The van der Waals surface area contributed by atoms with Crippen LogP contribution in [0.15, 0.2) is 18.2 Å². The number of hydrogen-bond donors (Lipinski definition) is 2. The molecule has 2 atom stereocenters. The van der Waals surface area contributed by atoms with Crippen LogP contribution in [0, 0.1) is 6.92 Å². The highest BCUT2D eigenvalue weighted by Gasteiger charge is 2.32. The third-order valence-electron chi connectivity index (χ3n) is 3.67. The zero-order valence-electron chi connectivity index (χ0n) is 11.9. The molecule has 4 heteroatoms. The van der Waals surface area contributed by atoms with Gasteiger partial charge in [0.1, 0.15) is 11.4 Å². The Kier molecular flexibility index (Phi) is 4.45. The van der Waals surface area contributed by atoms with Gasteiger partial charge >= 0.3 is 0 Å². The van der Waals surface area contributed by atoms with Gasteiger partial charge in [0.15, 0.2) is 0 Å². The molecule has 0 radical (unpaired) electrons. The van der Waals surface area contributed by atoms with E-state index in [4.69, 9.17) is 9.47 Å². The van der Waals surface area contributed by atoms with Gasteiger partial charge in [-0.2, -0.15) is 0 Å². The molecule has 19 heavy (non-hydrogen) atoms. The Labute approximate surface area is 114 Å². The molecule has 1 heterocycles. The number of aliphatic hydroxyl groups is 1. The van der Waals surface area contributed by atoms with Gasteiger partial charge < -0.3 is 19.9 Å². The van der Waals surface area contributed by atoms with Crippen LogP contribution in [-0.4, -0.2) is 37.6 Å². The molecule has 1 fully saturated rings. The quantitative estimate of drug-likeness (QED) is 0.852. The molecule has 4 nitrogen and oxygen atoms in total. The van der Waals surface area contributed by atoms with Crippen LogP contribution in [0.2, 0.25) is 0 Å². The summed E-state index contributed by atoms with van der Waals surface area (Å²) in [4.78, 5) is 0. The summed E-state index contributed by atoms with van der Waals surface area (Å²) in [5.74, 6) is 0.875. The number of aryl methyl sites for hydroxylation is 1. The lowest BCUT2D eigenvalue weighted by Gasteiger charge is -2.25. The predicted molar refractivity (Wildman–Crippen MR) is 74.5 cm³/mol. The minimum absolute atomic E-state index is 0.125. The van der Waals surface area contributed by atoms with E-state index in [-0.39, 0.29) is 6.04 Å². The second kappa shape index (κ2) is 5.90. The van der Waals surface area contributed by atoms with Crippen LogP contribution in [0.5, 0.6) is 5.75 Å². The normalized spacial score (nSPS) is 24.4. The molecule has 0 saturated carbocycles. The molecule has 1 aromatic rings. The summed E-state index contributed by atoms with van der Waals surface area (Å²) in [5.41, 5.74) is 1.59. The van der Waals surface area contributed by atoms with Crippen LogP contribution in [0.4, 0.5) is 0 Å². The molecule has 0 aliphatic carbocycles. The van der Waals surface area contributed by atoms with Crippen LogP contribution in [0.1, 0.15) is 30.5 Å². The molecular weight excluding hydrogens is 242 g/mol. The Morgan fingerprint density at radius 1 is 1.53 bits per heavy atom. The average Bonchev–Trinajstić information content (AvgIpc) is 2.83. The lowest BCUT2D eigenvalue weighted by atomic mass is 10.0. The number of hydrogen-bond acceptors (Lipinski definition) is 4. The molecule has 106 valence electrons. The van der Waals surface area contributed by atoms with Crippen molar-refractivity contribution < 1.29 is 14.6 Å². The summed E-state index contributed by atoms with van der Waals surface area (Å²) < 4.78 is 10.6. The standard InChI is InChI=1S/C15H23NO3/c1-11-4-5-14(18-3)13(8-11)12(2)16-9-15(17)6-7-19-10-15/h4-5,8,12,16-17H,6-7,9-10H2,1-3H3. The first-order chi connectivity index (χ1) is 9.04. The molecule has 1 saturated heterocycles. The second-order valence-electron chi connectivity index (χ2n) is 5.37. The number of nitrogens with one attached hydrogen (secondary N) is 1. The molecule has 0 spiro atoms. The summed E-state index contributed by atoms with van der Waals surface area (Å²) in [7, 11) is 1.68. The third kappa shape index (κ3) is 3.47. The van der Waals surface area contributed by atoms with Gasteiger partial charge in [-0.25, -0.2) is 0 Å². The van der Waals surface area contributed by atoms with Crippen molar-refractivity contribution in [2.24, 2.45) is 0 Å². The Balaban J connectivity index is 2.03. The van der Waals surface area contributed by atoms with Crippen LogP contribution in [-0.2, 0) is 4.74 Å². The van der Waals surface area contributed by atoms with Crippen molar-refractivity contribution in [2.45, 2.75) is 31.9 Å². The summed E-state index contributed by atoms with van der Waals surface area (Å²) >= 11 is 0. The lowest BCUT2D eigenvalue weighted by Crippen LogP contribution is -2.41. The van der Waals surface area contributed by atoms with E-state index in [0.717, 1.165) is 11.3 Å².